The Morgan fingerprint density at radius 1 is 1.21 bits per heavy atom. The highest BCUT2D eigenvalue weighted by Crippen LogP contribution is 2.36. The Morgan fingerprint density at radius 3 is 2.75 bits per heavy atom. The number of methoxy groups -OCH3 is 1. The molecule has 0 bridgehead atoms. The molecule has 5 heteroatoms. The maximum absolute atomic E-state index is 13.2. The second kappa shape index (κ2) is 7.84. The van der Waals surface area contributed by atoms with Gasteiger partial charge in [0.05, 0.1) is 7.11 Å². The number of hydrogen-bond donors (Lipinski definition) is 0. The summed E-state index contributed by atoms with van der Waals surface area (Å²) in [7, 11) is 1.67. The molecule has 2 aromatic carbocycles. The van der Waals surface area contributed by atoms with Gasteiger partial charge in [-0.05, 0) is 62.6 Å². The fourth-order valence-corrected chi connectivity index (χ4v) is 4.42. The van der Waals surface area contributed by atoms with Crippen LogP contribution < -0.4 is 14.2 Å². The van der Waals surface area contributed by atoms with Crippen molar-refractivity contribution in [3.8, 4) is 17.2 Å². The van der Waals surface area contributed by atoms with Crippen LogP contribution in [0.2, 0.25) is 0 Å². The molecule has 1 atom stereocenters. The van der Waals surface area contributed by atoms with Crippen LogP contribution in [-0.4, -0.2) is 37.7 Å². The summed E-state index contributed by atoms with van der Waals surface area (Å²) >= 11 is 0. The smallest absolute Gasteiger partial charge is 0.231 e. The summed E-state index contributed by atoms with van der Waals surface area (Å²) in [6.45, 7) is 6.81. The molecule has 148 valence electrons. The van der Waals surface area contributed by atoms with E-state index in [2.05, 4.69) is 11.0 Å². The zero-order valence-electron chi connectivity index (χ0n) is 16.8. The van der Waals surface area contributed by atoms with Gasteiger partial charge in [0.25, 0.3) is 0 Å². The van der Waals surface area contributed by atoms with E-state index < -0.39 is 0 Å². The maximum Gasteiger partial charge on any atom is 0.231 e. The Labute approximate surface area is 166 Å². The van der Waals surface area contributed by atoms with Crippen LogP contribution >= 0.6 is 0 Å². The molecule has 2 aliphatic heterocycles. The van der Waals surface area contributed by atoms with Crippen LogP contribution in [0, 0.1) is 19.8 Å². The number of ketones is 1. The van der Waals surface area contributed by atoms with Gasteiger partial charge in [0.2, 0.25) is 6.79 Å². The maximum atomic E-state index is 13.2. The van der Waals surface area contributed by atoms with Crippen LogP contribution in [-0.2, 0) is 6.54 Å². The van der Waals surface area contributed by atoms with Crippen molar-refractivity contribution in [2.24, 2.45) is 5.92 Å². The van der Waals surface area contributed by atoms with Gasteiger partial charge in [-0.15, -0.1) is 0 Å². The summed E-state index contributed by atoms with van der Waals surface area (Å²) in [5.74, 6) is 2.77. The second-order valence-corrected chi connectivity index (χ2v) is 7.73. The summed E-state index contributed by atoms with van der Waals surface area (Å²) in [5, 5.41) is 0. The van der Waals surface area contributed by atoms with E-state index in [0.717, 1.165) is 72.0 Å². The first-order chi connectivity index (χ1) is 13.6. The topological polar surface area (TPSA) is 48.0 Å². The van der Waals surface area contributed by atoms with Crippen LogP contribution in [0.5, 0.6) is 17.2 Å². The van der Waals surface area contributed by atoms with Crippen molar-refractivity contribution in [1.29, 1.82) is 0 Å². The van der Waals surface area contributed by atoms with Gasteiger partial charge in [-0.1, -0.05) is 12.1 Å². The van der Waals surface area contributed by atoms with E-state index in [1.165, 1.54) is 0 Å². The highest BCUT2D eigenvalue weighted by molar-refractivity contribution is 5.98. The zero-order valence-corrected chi connectivity index (χ0v) is 16.8. The summed E-state index contributed by atoms with van der Waals surface area (Å²) in [5.41, 5.74) is 3.94. The highest BCUT2D eigenvalue weighted by atomic mass is 16.7. The lowest BCUT2D eigenvalue weighted by molar-refractivity contribution is 0.0810. The molecule has 2 heterocycles. The summed E-state index contributed by atoms with van der Waals surface area (Å²) in [6, 6.07) is 9.93. The Balaban J connectivity index is 1.48. The molecule has 0 amide bonds. The first-order valence-corrected chi connectivity index (χ1v) is 9.86. The van der Waals surface area contributed by atoms with Crippen LogP contribution in [0.15, 0.2) is 30.3 Å². The van der Waals surface area contributed by atoms with Gasteiger partial charge in [0.1, 0.15) is 5.75 Å². The first-order valence-electron chi connectivity index (χ1n) is 9.86. The SMILES string of the molecule is COc1c(C)cc(C(=O)[C@@H]2CCCN(Cc3cccc4c3OCO4)C2)cc1C. The average molecular weight is 381 g/mol. The van der Waals surface area contributed by atoms with Crippen molar-refractivity contribution >= 4 is 5.78 Å². The number of rotatable bonds is 5. The van der Waals surface area contributed by atoms with E-state index in [1.807, 2.05) is 38.1 Å². The second-order valence-electron chi connectivity index (χ2n) is 7.73. The van der Waals surface area contributed by atoms with E-state index >= 15 is 0 Å². The molecule has 0 saturated carbocycles. The van der Waals surface area contributed by atoms with Crippen LogP contribution in [0.1, 0.15) is 39.9 Å². The highest BCUT2D eigenvalue weighted by Gasteiger charge is 2.28. The van der Waals surface area contributed by atoms with Gasteiger partial charge in [0.15, 0.2) is 17.3 Å². The van der Waals surface area contributed by atoms with Gasteiger partial charge in [0, 0.05) is 30.1 Å². The number of aryl methyl sites for hydroxylation is 2. The molecule has 0 spiro atoms. The Morgan fingerprint density at radius 2 is 2.00 bits per heavy atom. The third-order valence-electron chi connectivity index (χ3n) is 5.70. The lowest BCUT2D eigenvalue weighted by Crippen LogP contribution is -2.38. The van der Waals surface area contributed by atoms with Gasteiger partial charge >= 0.3 is 0 Å². The van der Waals surface area contributed by atoms with Gasteiger partial charge in [-0.3, -0.25) is 9.69 Å². The number of nitrogens with zero attached hydrogens (tertiary/aromatic N) is 1. The molecular weight excluding hydrogens is 354 g/mol. The fourth-order valence-electron chi connectivity index (χ4n) is 4.42. The molecule has 0 N–H and O–H groups in total. The Kier molecular flexibility index (Phi) is 5.27. The molecule has 1 fully saturated rings. The Bertz CT molecular complexity index is 869. The van der Waals surface area contributed by atoms with Crippen molar-refractivity contribution in [3.05, 3.63) is 52.6 Å². The van der Waals surface area contributed by atoms with Gasteiger partial charge < -0.3 is 14.2 Å². The molecule has 28 heavy (non-hydrogen) atoms. The number of ether oxygens (including phenoxy) is 3. The number of likely N-dealkylation sites (tertiary alicyclic amines) is 1. The van der Waals surface area contributed by atoms with E-state index in [4.69, 9.17) is 14.2 Å². The van der Waals surface area contributed by atoms with Crippen molar-refractivity contribution < 1.29 is 19.0 Å². The minimum atomic E-state index is 0.0230. The third kappa shape index (κ3) is 3.59. The molecule has 1 saturated heterocycles. The number of Topliss-reactive ketones (excluding diaryl/α,β-unsaturated/α-hetero) is 1. The van der Waals surface area contributed by atoms with E-state index in [9.17, 15) is 4.79 Å². The van der Waals surface area contributed by atoms with Crippen LogP contribution in [0.3, 0.4) is 0 Å². The molecule has 0 unspecified atom stereocenters. The Hall–Kier alpha value is -2.53. The number of piperidine rings is 1. The average Bonchev–Trinajstić information content (AvgIpc) is 3.17. The van der Waals surface area contributed by atoms with Crippen molar-refractivity contribution in [1.82, 2.24) is 4.90 Å². The van der Waals surface area contributed by atoms with Crippen molar-refractivity contribution in [3.63, 3.8) is 0 Å². The fraction of sp³-hybridized carbons (Fsp3) is 0.435. The summed E-state index contributed by atoms with van der Waals surface area (Å²) in [4.78, 5) is 15.5. The number of fused-ring (bicyclic) bond motifs is 1. The van der Waals surface area contributed by atoms with Gasteiger partial charge in [-0.2, -0.15) is 0 Å². The van der Waals surface area contributed by atoms with Crippen LogP contribution in [0.4, 0.5) is 0 Å². The largest absolute Gasteiger partial charge is 0.496 e. The molecule has 0 radical (unpaired) electrons. The first kappa shape index (κ1) is 18.8. The molecule has 0 aliphatic carbocycles. The standard InChI is InChI=1S/C23H27NO4/c1-15-10-19(11-16(2)22(15)26-3)21(25)17-7-5-9-24(12-17)13-18-6-4-8-20-23(18)28-14-27-20/h4,6,8,10-11,17H,5,7,9,12-14H2,1-3H3/t17-/m1/s1. The minimum absolute atomic E-state index is 0.0230. The number of para-hydroxylation sites is 1. The molecule has 2 aromatic rings. The number of hydrogen-bond acceptors (Lipinski definition) is 5. The normalized spacial score (nSPS) is 18.9. The number of benzene rings is 2. The van der Waals surface area contributed by atoms with Gasteiger partial charge in [-0.25, -0.2) is 0 Å². The molecule has 5 nitrogen and oxygen atoms in total. The summed E-state index contributed by atoms with van der Waals surface area (Å²) < 4.78 is 16.6. The number of carbonyl (C=O) groups excluding carboxylic acids is 1. The van der Waals surface area contributed by atoms with E-state index in [0.29, 0.717) is 0 Å². The lowest BCUT2D eigenvalue weighted by Gasteiger charge is -2.32. The predicted molar refractivity (Wildman–Crippen MR) is 107 cm³/mol. The van der Waals surface area contributed by atoms with Crippen molar-refractivity contribution in [2.75, 3.05) is 27.0 Å². The third-order valence-corrected chi connectivity index (χ3v) is 5.70. The van der Waals surface area contributed by atoms with E-state index in [-0.39, 0.29) is 18.5 Å². The lowest BCUT2D eigenvalue weighted by atomic mass is 9.88. The van der Waals surface area contributed by atoms with Crippen LogP contribution in [0.25, 0.3) is 0 Å². The van der Waals surface area contributed by atoms with Crippen molar-refractivity contribution in [2.45, 2.75) is 33.2 Å². The minimum Gasteiger partial charge on any atom is -0.496 e. The van der Waals surface area contributed by atoms with E-state index in [1.54, 1.807) is 7.11 Å². The molecule has 2 aliphatic rings. The molecular formula is C23H27NO4. The summed E-state index contributed by atoms with van der Waals surface area (Å²) in [6.07, 6.45) is 1.96. The predicted octanol–water partition coefficient (Wildman–Crippen LogP) is 4.14. The molecule has 0 aromatic heterocycles. The zero-order chi connectivity index (χ0) is 19.7. The number of carbonyl (C=O) groups is 1. The molecule has 4 rings (SSSR count). The quantitative estimate of drug-likeness (QED) is 0.729. The monoisotopic (exact) mass is 381 g/mol.